The van der Waals surface area contributed by atoms with Gasteiger partial charge in [0.05, 0.1) is 12.1 Å². The van der Waals surface area contributed by atoms with Crippen molar-refractivity contribution >= 4 is 21.6 Å². The van der Waals surface area contributed by atoms with Gasteiger partial charge in [0, 0.05) is 6.54 Å². The van der Waals surface area contributed by atoms with Gasteiger partial charge in [0.1, 0.15) is 10.6 Å². The highest BCUT2D eigenvalue weighted by Crippen LogP contribution is 2.20. The van der Waals surface area contributed by atoms with E-state index in [2.05, 4.69) is 4.72 Å². The van der Waals surface area contributed by atoms with Crippen molar-refractivity contribution < 1.29 is 13.2 Å². The van der Waals surface area contributed by atoms with E-state index in [1.165, 1.54) is 6.07 Å². The van der Waals surface area contributed by atoms with Gasteiger partial charge in [-0.3, -0.25) is 0 Å². The Kier molecular flexibility index (Phi) is 5.22. The first-order valence-electron chi connectivity index (χ1n) is 6.40. The summed E-state index contributed by atoms with van der Waals surface area (Å²) in [5, 5.41) is 0.217. The Hall–Kier alpha value is -1.56. The van der Waals surface area contributed by atoms with Crippen molar-refractivity contribution in [3.63, 3.8) is 0 Å². The van der Waals surface area contributed by atoms with Crippen LogP contribution >= 0.6 is 11.6 Å². The molecular formula is C15H16ClNO3S. The highest BCUT2D eigenvalue weighted by molar-refractivity contribution is 7.89. The summed E-state index contributed by atoms with van der Waals surface area (Å²) >= 11 is 5.91. The predicted octanol–water partition coefficient (Wildman–Crippen LogP) is 2.87. The Morgan fingerprint density at radius 3 is 2.38 bits per heavy atom. The van der Waals surface area contributed by atoms with Crippen LogP contribution in [0.5, 0.6) is 5.75 Å². The Morgan fingerprint density at radius 2 is 1.76 bits per heavy atom. The second-order valence-corrected chi connectivity index (χ2v) is 6.57. The van der Waals surface area contributed by atoms with Gasteiger partial charge < -0.3 is 4.74 Å². The molecule has 112 valence electrons. The molecule has 0 aliphatic rings. The van der Waals surface area contributed by atoms with Crippen LogP contribution in [0.2, 0.25) is 5.02 Å². The Morgan fingerprint density at radius 1 is 1.10 bits per heavy atom. The van der Waals surface area contributed by atoms with Gasteiger partial charge in [-0.2, -0.15) is 0 Å². The number of nitrogens with one attached hydrogen (secondary N) is 1. The molecule has 2 rings (SSSR count). The zero-order chi connectivity index (χ0) is 15.3. The molecule has 0 aliphatic carbocycles. The van der Waals surface area contributed by atoms with Gasteiger partial charge in [0.15, 0.2) is 0 Å². The fourth-order valence-corrected chi connectivity index (χ4v) is 3.41. The van der Waals surface area contributed by atoms with Crippen LogP contribution in [0.3, 0.4) is 0 Å². The van der Waals surface area contributed by atoms with Crippen molar-refractivity contribution in [1.29, 1.82) is 0 Å². The molecule has 1 N–H and O–H groups in total. The molecule has 0 amide bonds. The summed E-state index contributed by atoms with van der Waals surface area (Å²) in [6.07, 6.45) is 0.591. The molecule has 21 heavy (non-hydrogen) atoms. The van der Waals surface area contributed by atoms with Crippen LogP contribution in [0.1, 0.15) is 5.56 Å². The first-order valence-corrected chi connectivity index (χ1v) is 8.26. The van der Waals surface area contributed by atoms with E-state index < -0.39 is 10.0 Å². The number of methoxy groups -OCH3 is 1. The number of rotatable bonds is 6. The Balaban J connectivity index is 1.97. The second-order valence-electron chi connectivity index (χ2n) is 4.43. The van der Waals surface area contributed by atoms with Crippen molar-refractivity contribution in [1.82, 2.24) is 4.72 Å². The number of hydrogen-bond acceptors (Lipinski definition) is 3. The number of ether oxygens (including phenoxy) is 1. The van der Waals surface area contributed by atoms with Crippen molar-refractivity contribution in [2.75, 3.05) is 13.7 Å². The first kappa shape index (κ1) is 15.8. The van der Waals surface area contributed by atoms with Crippen LogP contribution in [0, 0.1) is 0 Å². The molecule has 0 saturated heterocycles. The van der Waals surface area contributed by atoms with E-state index in [0.29, 0.717) is 13.0 Å². The molecule has 2 aromatic carbocycles. The van der Waals surface area contributed by atoms with Crippen LogP contribution in [-0.4, -0.2) is 22.1 Å². The molecule has 0 bridgehead atoms. The molecule has 0 aromatic heterocycles. The van der Waals surface area contributed by atoms with Crippen LogP contribution in [0.15, 0.2) is 53.4 Å². The fraction of sp³-hybridized carbons (Fsp3) is 0.200. The number of hydrogen-bond donors (Lipinski definition) is 1. The van der Waals surface area contributed by atoms with E-state index in [4.69, 9.17) is 16.3 Å². The van der Waals surface area contributed by atoms with Crippen molar-refractivity contribution in [2.24, 2.45) is 0 Å². The van der Waals surface area contributed by atoms with Gasteiger partial charge in [-0.15, -0.1) is 0 Å². The summed E-state index contributed by atoms with van der Waals surface area (Å²) in [5.74, 6) is 0.774. The van der Waals surface area contributed by atoms with Gasteiger partial charge >= 0.3 is 0 Å². The minimum Gasteiger partial charge on any atom is -0.497 e. The summed E-state index contributed by atoms with van der Waals surface area (Å²) in [4.78, 5) is 0.0985. The SMILES string of the molecule is COc1ccc(CCNS(=O)(=O)c2ccccc2Cl)cc1. The van der Waals surface area contributed by atoms with Crippen molar-refractivity contribution in [2.45, 2.75) is 11.3 Å². The van der Waals surface area contributed by atoms with Gasteiger partial charge in [-0.05, 0) is 36.2 Å². The summed E-state index contributed by atoms with van der Waals surface area (Å²) < 4.78 is 31.9. The Labute approximate surface area is 129 Å². The zero-order valence-electron chi connectivity index (χ0n) is 11.5. The molecule has 0 heterocycles. The van der Waals surface area contributed by atoms with E-state index in [-0.39, 0.29) is 9.92 Å². The zero-order valence-corrected chi connectivity index (χ0v) is 13.1. The minimum absolute atomic E-state index is 0.0985. The van der Waals surface area contributed by atoms with Crippen LogP contribution in [0.4, 0.5) is 0 Å². The van der Waals surface area contributed by atoms with E-state index in [1.807, 2.05) is 24.3 Å². The molecule has 0 aliphatic heterocycles. The fourth-order valence-electron chi connectivity index (χ4n) is 1.86. The lowest BCUT2D eigenvalue weighted by Gasteiger charge is -2.08. The average Bonchev–Trinajstić information content (AvgIpc) is 2.48. The third-order valence-corrected chi connectivity index (χ3v) is 4.95. The van der Waals surface area contributed by atoms with E-state index in [9.17, 15) is 8.42 Å². The number of sulfonamides is 1. The van der Waals surface area contributed by atoms with Crippen LogP contribution in [0.25, 0.3) is 0 Å². The largest absolute Gasteiger partial charge is 0.497 e. The van der Waals surface area contributed by atoms with Gasteiger partial charge in [0.25, 0.3) is 0 Å². The van der Waals surface area contributed by atoms with Gasteiger partial charge in [0.2, 0.25) is 10.0 Å². The molecule has 0 fully saturated rings. The van der Waals surface area contributed by atoms with Crippen LogP contribution < -0.4 is 9.46 Å². The van der Waals surface area contributed by atoms with Crippen molar-refractivity contribution in [3.05, 3.63) is 59.1 Å². The van der Waals surface area contributed by atoms with E-state index in [0.717, 1.165) is 11.3 Å². The highest BCUT2D eigenvalue weighted by atomic mass is 35.5. The molecular weight excluding hydrogens is 310 g/mol. The average molecular weight is 326 g/mol. The smallest absolute Gasteiger partial charge is 0.242 e. The topological polar surface area (TPSA) is 55.4 Å². The van der Waals surface area contributed by atoms with Crippen molar-refractivity contribution in [3.8, 4) is 5.75 Å². The normalized spacial score (nSPS) is 11.3. The monoisotopic (exact) mass is 325 g/mol. The van der Waals surface area contributed by atoms with Gasteiger partial charge in [-0.25, -0.2) is 13.1 Å². The standard InChI is InChI=1S/C15H16ClNO3S/c1-20-13-8-6-12(7-9-13)10-11-17-21(18,19)15-5-3-2-4-14(15)16/h2-9,17H,10-11H2,1H3. The maximum absolute atomic E-state index is 12.1. The molecule has 2 aromatic rings. The summed E-state index contributed by atoms with van der Waals surface area (Å²) in [7, 11) is -1.98. The lowest BCUT2D eigenvalue weighted by atomic mass is 10.1. The van der Waals surface area contributed by atoms with Gasteiger partial charge in [-0.1, -0.05) is 35.9 Å². The first-order chi connectivity index (χ1) is 10.0. The molecule has 0 radical (unpaired) electrons. The maximum atomic E-state index is 12.1. The summed E-state index contributed by atoms with van der Waals surface area (Å²) in [6.45, 7) is 0.305. The summed E-state index contributed by atoms with van der Waals surface area (Å²) in [5.41, 5.74) is 1.03. The number of benzene rings is 2. The molecule has 6 heteroatoms. The van der Waals surface area contributed by atoms with Crippen LogP contribution in [-0.2, 0) is 16.4 Å². The molecule has 0 atom stereocenters. The lowest BCUT2D eigenvalue weighted by molar-refractivity contribution is 0.414. The number of halogens is 1. The maximum Gasteiger partial charge on any atom is 0.242 e. The Bertz CT molecular complexity index is 699. The molecule has 0 spiro atoms. The van der Waals surface area contributed by atoms with E-state index in [1.54, 1.807) is 25.3 Å². The third kappa shape index (κ3) is 4.20. The quantitative estimate of drug-likeness (QED) is 0.888. The second kappa shape index (κ2) is 6.93. The highest BCUT2D eigenvalue weighted by Gasteiger charge is 2.16. The third-order valence-electron chi connectivity index (χ3n) is 2.99. The molecule has 0 saturated carbocycles. The predicted molar refractivity (Wildman–Crippen MR) is 83.3 cm³/mol. The summed E-state index contributed by atoms with van der Waals surface area (Å²) in [6, 6.07) is 13.9. The molecule has 0 unspecified atom stereocenters. The van der Waals surface area contributed by atoms with E-state index >= 15 is 0 Å². The lowest BCUT2D eigenvalue weighted by Crippen LogP contribution is -2.26. The molecule has 4 nitrogen and oxygen atoms in total. The minimum atomic E-state index is -3.58.